The number of fused-ring (bicyclic) bond motifs is 1. The van der Waals surface area contributed by atoms with Crippen molar-refractivity contribution in [1.29, 1.82) is 5.26 Å². The monoisotopic (exact) mass is 559 g/mol. The number of hydrogen-bond acceptors (Lipinski definition) is 6. The van der Waals surface area contributed by atoms with Gasteiger partial charge in [-0.2, -0.15) is 5.26 Å². The number of nitriles is 1. The number of nitrogens with zero attached hydrogens (tertiary/aromatic N) is 2. The maximum Gasteiger partial charge on any atom is 0.231 e. The Labute approximate surface area is 224 Å². The summed E-state index contributed by atoms with van der Waals surface area (Å²) in [6, 6.07) is 19.9. The van der Waals surface area contributed by atoms with E-state index in [2.05, 4.69) is 41.8 Å². The summed E-state index contributed by atoms with van der Waals surface area (Å²) in [5, 5.41) is 10.4. The molecular weight excluding hydrogens is 537 g/mol. The van der Waals surface area contributed by atoms with E-state index < -0.39 is 15.4 Å². The average molecular weight is 561 g/mol. The number of nitrogens with one attached hydrogen (secondary N) is 1. The van der Waals surface area contributed by atoms with Crippen molar-refractivity contribution in [1.82, 2.24) is 4.98 Å². The Kier molecular flexibility index (Phi) is 7.48. The van der Waals surface area contributed by atoms with E-state index in [1.807, 2.05) is 42.5 Å². The number of aromatic nitrogens is 1. The summed E-state index contributed by atoms with van der Waals surface area (Å²) in [7, 11) is -3.38. The number of hydrogen-bond donors (Lipinski definition) is 1. The van der Waals surface area contributed by atoms with Crippen molar-refractivity contribution in [2.75, 3.05) is 23.5 Å². The third-order valence-corrected chi connectivity index (χ3v) is 7.87. The zero-order chi connectivity index (χ0) is 26.1. The normalized spacial score (nSPS) is 11.9. The predicted molar refractivity (Wildman–Crippen MR) is 148 cm³/mol. The lowest BCUT2D eigenvalue weighted by Crippen LogP contribution is -2.19. The molecule has 1 N–H and O–H groups in total. The summed E-state index contributed by atoms with van der Waals surface area (Å²) < 4.78 is 31.9. The maximum absolute atomic E-state index is 11.5. The number of thiazole rings is 1. The van der Waals surface area contributed by atoms with Crippen molar-refractivity contribution >= 4 is 59.9 Å². The Morgan fingerprint density at radius 3 is 2.42 bits per heavy atom. The molecule has 0 saturated heterocycles. The van der Waals surface area contributed by atoms with E-state index in [1.54, 1.807) is 0 Å². The highest BCUT2D eigenvalue weighted by molar-refractivity contribution is 7.92. The molecule has 0 saturated carbocycles. The second-order valence-electron chi connectivity index (χ2n) is 8.76. The van der Waals surface area contributed by atoms with Gasteiger partial charge in [0.15, 0.2) is 10.9 Å². The minimum absolute atomic E-state index is 0.267. The SMILES string of the molecule is CC(C)(c1ccc(-c2ccc3nc(NS(C)(=O)=O)sc3c2)cc1)c1cc(Cl)c(OCCCl)c(C#N)c1. The Bertz CT molecular complexity index is 1570. The van der Waals surface area contributed by atoms with Gasteiger partial charge in [-0.15, -0.1) is 11.6 Å². The molecule has 4 rings (SSSR count). The molecule has 186 valence electrons. The van der Waals surface area contributed by atoms with E-state index in [-0.39, 0.29) is 6.61 Å². The summed E-state index contributed by atoms with van der Waals surface area (Å²) >= 11 is 13.5. The molecule has 36 heavy (non-hydrogen) atoms. The van der Waals surface area contributed by atoms with E-state index in [0.29, 0.717) is 27.3 Å². The second kappa shape index (κ2) is 10.3. The van der Waals surface area contributed by atoms with Crippen LogP contribution in [0.1, 0.15) is 30.5 Å². The van der Waals surface area contributed by atoms with Crippen LogP contribution in [0.3, 0.4) is 0 Å². The minimum Gasteiger partial charge on any atom is -0.489 e. The standard InChI is InChI=1S/C26H23Cl2N3O3S2/c1-26(2,20-12-18(15-29)24(21(28)14-20)34-11-10-27)19-7-4-16(5-8-19)17-6-9-22-23(13-17)35-25(30-22)31-36(3,32)33/h4-9,12-14H,10-11H2,1-3H3,(H,30,31). The molecule has 4 aromatic rings. The van der Waals surface area contributed by atoms with E-state index in [1.165, 1.54) is 11.3 Å². The Balaban J connectivity index is 1.63. The topological polar surface area (TPSA) is 92.1 Å². The van der Waals surface area contributed by atoms with Gasteiger partial charge in [-0.05, 0) is 46.5 Å². The van der Waals surface area contributed by atoms with Gasteiger partial charge in [0.2, 0.25) is 10.0 Å². The molecule has 0 bridgehead atoms. The number of anilines is 1. The largest absolute Gasteiger partial charge is 0.489 e. The van der Waals surface area contributed by atoms with Crippen LogP contribution in [-0.4, -0.2) is 32.1 Å². The van der Waals surface area contributed by atoms with Crippen molar-refractivity contribution in [3.8, 4) is 22.9 Å². The number of rotatable bonds is 8. The molecule has 0 unspecified atom stereocenters. The lowest BCUT2D eigenvalue weighted by Gasteiger charge is -2.27. The van der Waals surface area contributed by atoms with Crippen molar-refractivity contribution in [3.05, 3.63) is 76.3 Å². The summed E-state index contributed by atoms with van der Waals surface area (Å²) in [5.41, 5.74) is 4.64. The first-order valence-corrected chi connectivity index (χ1v) is 14.6. The summed E-state index contributed by atoms with van der Waals surface area (Å²) in [5.74, 6) is 0.651. The molecule has 0 spiro atoms. The second-order valence-corrected chi connectivity index (χ2v) is 12.3. The maximum atomic E-state index is 11.5. The first-order valence-electron chi connectivity index (χ1n) is 10.9. The van der Waals surface area contributed by atoms with E-state index in [4.69, 9.17) is 27.9 Å². The van der Waals surface area contributed by atoms with Crippen molar-refractivity contribution in [2.45, 2.75) is 19.3 Å². The lowest BCUT2D eigenvalue weighted by atomic mass is 9.77. The zero-order valence-electron chi connectivity index (χ0n) is 19.8. The van der Waals surface area contributed by atoms with Gasteiger partial charge in [0, 0.05) is 5.41 Å². The molecule has 10 heteroatoms. The highest BCUT2D eigenvalue weighted by Crippen LogP contribution is 2.39. The van der Waals surface area contributed by atoms with Crippen molar-refractivity contribution in [2.24, 2.45) is 0 Å². The molecule has 3 aromatic carbocycles. The van der Waals surface area contributed by atoms with Crippen LogP contribution in [0.4, 0.5) is 5.13 Å². The average Bonchev–Trinajstić information content (AvgIpc) is 3.22. The highest BCUT2D eigenvalue weighted by atomic mass is 35.5. The van der Waals surface area contributed by atoms with Crippen LogP contribution < -0.4 is 9.46 Å². The van der Waals surface area contributed by atoms with Crippen LogP contribution in [0, 0.1) is 11.3 Å². The van der Waals surface area contributed by atoms with E-state index >= 15 is 0 Å². The molecule has 0 radical (unpaired) electrons. The smallest absolute Gasteiger partial charge is 0.231 e. The fraction of sp³-hybridized carbons (Fsp3) is 0.231. The number of halogens is 2. The van der Waals surface area contributed by atoms with Gasteiger partial charge in [-0.25, -0.2) is 13.4 Å². The molecule has 0 amide bonds. The fourth-order valence-electron chi connectivity index (χ4n) is 3.88. The molecule has 0 atom stereocenters. The van der Waals surface area contributed by atoms with Crippen molar-refractivity contribution < 1.29 is 13.2 Å². The first-order chi connectivity index (χ1) is 17.0. The lowest BCUT2D eigenvalue weighted by molar-refractivity contribution is 0.341. The van der Waals surface area contributed by atoms with Gasteiger partial charge in [0.05, 0.1) is 32.9 Å². The molecule has 0 aliphatic rings. The third kappa shape index (κ3) is 5.60. The Morgan fingerprint density at radius 1 is 1.08 bits per heavy atom. The van der Waals surface area contributed by atoms with Gasteiger partial charge in [-0.3, -0.25) is 4.72 Å². The zero-order valence-corrected chi connectivity index (χ0v) is 22.9. The Hall–Kier alpha value is -2.83. The molecule has 6 nitrogen and oxygen atoms in total. The molecule has 1 heterocycles. The molecule has 0 aliphatic carbocycles. The number of ether oxygens (including phenoxy) is 1. The van der Waals surface area contributed by atoms with Gasteiger partial charge in [0.1, 0.15) is 12.7 Å². The van der Waals surface area contributed by atoms with Crippen LogP contribution in [0.2, 0.25) is 5.02 Å². The predicted octanol–water partition coefficient (Wildman–Crippen LogP) is 6.80. The van der Waals surface area contributed by atoms with Gasteiger partial charge >= 0.3 is 0 Å². The first kappa shape index (κ1) is 26.2. The van der Waals surface area contributed by atoms with Gasteiger partial charge in [-0.1, -0.05) is 67.1 Å². The third-order valence-electron chi connectivity index (χ3n) is 5.81. The number of alkyl halides is 1. The Morgan fingerprint density at radius 2 is 1.78 bits per heavy atom. The molecular formula is C26H23Cl2N3O3S2. The van der Waals surface area contributed by atoms with Gasteiger partial charge in [0.25, 0.3) is 0 Å². The van der Waals surface area contributed by atoms with Crippen LogP contribution >= 0.6 is 34.5 Å². The number of benzene rings is 3. The minimum atomic E-state index is -3.38. The van der Waals surface area contributed by atoms with Crippen LogP contribution in [0.25, 0.3) is 21.3 Å². The summed E-state index contributed by atoms with van der Waals surface area (Å²) in [6.45, 7) is 4.42. The summed E-state index contributed by atoms with van der Waals surface area (Å²) in [6.07, 6.45) is 1.10. The summed E-state index contributed by atoms with van der Waals surface area (Å²) in [4.78, 5) is 4.34. The van der Waals surface area contributed by atoms with Gasteiger partial charge < -0.3 is 4.74 Å². The highest BCUT2D eigenvalue weighted by Gasteiger charge is 2.26. The molecule has 0 aliphatic heterocycles. The quantitative estimate of drug-likeness (QED) is 0.239. The number of sulfonamides is 1. The fourth-order valence-corrected chi connectivity index (χ4v) is 5.97. The molecule has 0 fully saturated rings. The van der Waals surface area contributed by atoms with E-state index in [9.17, 15) is 13.7 Å². The van der Waals surface area contributed by atoms with Crippen LogP contribution in [0.5, 0.6) is 5.75 Å². The van der Waals surface area contributed by atoms with E-state index in [0.717, 1.165) is 38.7 Å². The van der Waals surface area contributed by atoms with Crippen LogP contribution in [-0.2, 0) is 15.4 Å². The van der Waals surface area contributed by atoms with Crippen molar-refractivity contribution in [3.63, 3.8) is 0 Å². The van der Waals surface area contributed by atoms with Crippen LogP contribution in [0.15, 0.2) is 54.6 Å². The molecule has 1 aromatic heterocycles.